The van der Waals surface area contributed by atoms with Crippen LogP contribution in [-0.4, -0.2) is 15.2 Å². The molecule has 48 valence electrons. The van der Waals surface area contributed by atoms with Gasteiger partial charge in [-0.2, -0.15) is 5.10 Å². The van der Waals surface area contributed by atoms with Gasteiger partial charge in [-0.15, -0.1) is 0 Å². The third kappa shape index (κ3) is 1.46. The summed E-state index contributed by atoms with van der Waals surface area (Å²) in [4.78, 5) is 12.7. The number of aromatic nitrogens is 3. The van der Waals surface area contributed by atoms with E-state index in [4.69, 9.17) is 0 Å². The van der Waals surface area contributed by atoms with Gasteiger partial charge in [-0.25, -0.2) is 9.89 Å². The predicted octanol–water partition coefficient (Wildman–Crippen LogP) is 0.590. The first kappa shape index (κ1) is 6.63. The molecule has 0 aliphatic rings. The summed E-state index contributed by atoms with van der Waals surface area (Å²) in [5, 5.41) is 5.69. The highest BCUT2D eigenvalue weighted by atomic mass is 79.9. The van der Waals surface area contributed by atoms with Crippen LogP contribution < -0.4 is 5.69 Å². The highest BCUT2D eigenvalue weighted by Crippen LogP contribution is 1.99. The molecule has 6 heteroatoms. The van der Waals surface area contributed by atoms with Crippen LogP contribution in [0.4, 0.5) is 0 Å². The molecule has 1 aromatic heterocycles. The molecule has 0 amide bonds. The van der Waals surface area contributed by atoms with Crippen molar-refractivity contribution in [1.82, 2.24) is 15.2 Å². The minimum absolute atomic E-state index is 0.304. The van der Waals surface area contributed by atoms with Crippen LogP contribution >= 0.6 is 28.1 Å². The van der Waals surface area contributed by atoms with E-state index in [0.29, 0.717) is 9.24 Å². The molecule has 0 unspecified atom stereocenters. The highest BCUT2D eigenvalue weighted by Gasteiger charge is 1.89. The number of H-pyrrole nitrogens is 2. The zero-order valence-corrected chi connectivity index (χ0v) is 6.54. The molecule has 0 aliphatic heterocycles. The quantitative estimate of drug-likeness (QED) is 0.613. The smallest absolute Gasteiger partial charge is 0.295 e. The van der Waals surface area contributed by atoms with Crippen LogP contribution in [-0.2, 0) is 0 Å². The maximum atomic E-state index is 10.4. The molecule has 0 aromatic carbocycles. The van der Waals surface area contributed by atoms with Gasteiger partial charge in [0.2, 0.25) is 0 Å². The van der Waals surface area contributed by atoms with Crippen molar-refractivity contribution in [3.8, 4) is 0 Å². The van der Waals surface area contributed by atoms with E-state index in [0.717, 1.165) is 0 Å². The van der Waals surface area contributed by atoms with Gasteiger partial charge in [0.25, 0.3) is 0 Å². The van der Waals surface area contributed by atoms with E-state index < -0.39 is 5.69 Å². The average Bonchev–Trinajstić information content (AvgIpc) is 1.80. The van der Waals surface area contributed by atoms with E-state index in [1.54, 1.807) is 0 Å². The summed E-state index contributed by atoms with van der Waals surface area (Å²) in [7, 11) is 0. The van der Waals surface area contributed by atoms with Gasteiger partial charge >= 0.3 is 5.69 Å². The van der Waals surface area contributed by atoms with Crippen molar-refractivity contribution < 1.29 is 0 Å². The Kier molecular flexibility index (Phi) is 1.77. The second kappa shape index (κ2) is 2.40. The van der Waals surface area contributed by atoms with E-state index in [9.17, 15) is 4.79 Å². The summed E-state index contributed by atoms with van der Waals surface area (Å²) in [6.45, 7) is 0. The molecule has 9 heavy (non-hydrogen) atoms. The van der Waals surface area contributed by atoms with Crippen LogP contribution in [0.15, 0.2) is 9.40 Å². The Hall–Kier alpha value is -0.490. The lowest BCUT2D eigenvalue weighted by Gasteiger charge is -1.84. The van der Waals surface area contributed by atoms with Crippen molar-refractivity contribution in [3.05, 3.63) is 19.7 Å². The molecule has 4 nitrogen and oxygen atoms in total. The summed E-state index contributed by atoms with van der Waals surface area (Å²) in [5.41, 5.74) is -0.400. The van der Waals surface area contributed by atoms with Gasteiger partial charge in [-0.1, -0.05) is 12.2 Å². The number of rotatable bonds is 0. The van der Waals surface area contributed by atoms with Gasteiger partial charge < -0.3 is 0 Å². The zero-order valence-electron chi connectivity index (χ0n) is 4.14. The summed E-state index contributed by atoms with van der Waals surface area (Å²) in [6.07, 6.45) is 0. The molecule has 0 radical (unpaired) electrons. The molecule has 0 fully saturated rings. The van der Waals surface area contributed by atoms with E-state index in [2.05, 4.69) is 43.3 Å². The maximum absolute atomic E-state index is 10.4. The lowest BCUT2D eigenvalue weighted by molar-refractivity contribution is 0.884. The Morgan fingerprint density at radius 1 is 1.67 bits per heavy atom. The Morgan fingerprint density at radius 3 is 2.78 bits per heavy atom. The Morgan fingerprint density at radius 2 is 2.33 bits per heavy atom. The van der Waals surface area contributed by atoms with Gasteiger partial charge in [0.15, 0.2) is 4.60 Å². The average molecular weight is 208 g/mol. The fourth-order valence-electron chi connectivity index (χ4n) is 0.333. The molecule has 0 bridgehead atoms. The van der Waals surface area contributed by atoms with Crippen LogP contribution in [0.2, 0.25) is 0 Å². The standard InChI is InChI=1S/C3H2BrN3OS/c4-1-2(9)5-3(8)7-6-1/h(H2,5,7,8,9). The first-order valence-corrected chi connectivity index (χ1v) is 3.25. The second-order valence-electron chi connectivity index (χ2n) is 1.30. The molecule has 0 saturated carbocycles. The van der Waals surface area contributed by atoms with E-state index in [1.807, 2.05) is 0 Å². The fourth-order valence-corrected chi connectivity index (χ4v) is 0.659. The van der Waals surface area contributed by atoms with Gasteiger partial charge in [-0.3, -0.25) is 4.98 Å². The SMILES string of the molecule is O=c1[nH]nc(Br)c(=S)[nH]1. The number of nitrogens with one attached hydrogen (secondary N) is 2. The molecular formula is C3H2BrN3OS. The predicted molar refractivity (Wildman–Crippen MR) is 37.7 cm³/mol. The monoisotopic (exact) mass is 207 g/mol. The lowest BCUT2D eigenvalue weighted by Crippen LogP contribution is -2.11. The van der Waals surface area contributed by atoms with Crippen LogP contribution in [0.25, 0.3) is 0 Å². The fraction of sp³-hybridized carbons (Fsp3) is 0. The molecule has 1 heterocycles. The van der Waals surface area contributed by atoms with E-state index in [-0.39, 0.29) is 0 Å². The third-order valence-corrected chi connectivity index (χ3v) is 1.80. The Labute approximate surface area is 63.4 Å². The van der Waals surface area contributed by atoms with Crippen LogP contribution in [0.1, 0.15) is 0 Å². The van der Waals surface area contributed by atoms with Crippen molar-refractivity contribution >= 4 is 28.1 Å². The van der Waals surface area contributed by atoms with Gasteiger partial charge in [0.05, 0.1) is 0 Å². The Bertz CT molecular complexity index is 315. The molecule has 0 atom stereocenters. The van der Waals surface area contributed by atoms with E-state index >= 15 is 0 Å². The third-order valence-electron chi connectivity index (χ3n) is 0.670. The zero-order chi connectivity index (χ0) is 6.85. The van der Waals surface area contributed by atoms with Crippen LogP contribution in [0, 0.1) is 4.64 Å². The van der Waals surface area contributed by atoms with Crippen molar-refractivity contribution in [2.75, 3.05) is 0 Å². The first-order chi connectivity index (χ1) is 4.20. The highest BCUT2D eigenvalue weighted by molar-refractivity contribution is 9.10. The van der Waals surface area contributed by atoms with E-state index in [1.165, 1.54) is 0 Å². The summed E-state index contributed by atoms with van der Waals surface area (Å²) in [6, 6.07) is 0. The van der Waals surface area contributed by atoms with Gasteiger partial charge in [0, 0.05) is 0 Å². The van der Waals surface area contributed by atoms with Gasteiger partial charge in [0.1, 0.15) is 4.64 Å². The molecule has 1 rings (SSSR count). The number of aromatic amines is 2. The molecular weight excluding hydrogens is 206 g/mol. The Balaban J connectivity index is 3.52. The molecule has 0 spiro atoms. The molecule has 0 aliphatic carbocycles. The van der Waals surface area contributed by atoms with Crippen molar-refractivity contribution in [2.45, 2.75) is 0 Å². The summed E-state index contributed by atoms with van der Waals surface area (Å²) < 4.78 is 0.746. The lowest BCUT2D eigenvalue weighted by atomic mass is 10.9. The number of hydrogen-bond acceptors (Lipinski definition) is 3. The number of nitrogens with zero attached hydrogens (tertiary/aromatic N) is 1. The summed E-state index contributed by atoms with van der Waals surface area (Å²) in [5.74, 6) is 0. The minimum atomic E-state index is -0.400. The normalized spacial score (nSPS) is 9.44. The van der Waals surface area contributed by atoms with Crippen molar-refractivity contribution in [2.24, 2.45) is 0 Å². The van der Waals surface area contributed by atoms with Crippen LogP contribution in [0.5, 0.6) is 0 Å². The number of hydrogen-bond donors (Lipinski definition) is 2. The topological polar surface area (TPSA) is 61.5 Å². The molecule has 0 saturated heterocycles. The van der Waals surface area contributed by atoms with Crippen molar-refractivity contribution in [1.29, 1.82) is 0 Å². The van der Waals surface area contributed by atoms with Crippen LogP contribution in [0.3, 0.4) is 0 Å². The second-order valence-corrected chi connectivity index (χ2v) is 2.46. The van der Waals surface area contributed by atoms with Crippen molar-refractivity contribution in [3.63, 3.8) is 0 Å². The minimum Gasteiger partial charge on any atom is -0.295 e. The van der Waals surface area contributed by atoms with Gasteiger partial charge in [-0.05, 0) is 15.9 Å². The first-order valence-electron chi connectivity index (χ1n) is 2.04. The largest absolute Gasteiger partial charge is 0.340 e. The summed E-state index contributed by atoms with van der Waals surface area (Å²) >= 11 is 7.67. The maximum Gasteiger partial charge on any atom is 0.340 e. The molecule has 1 aromatic rings. The molecule has 2 N–H and O–H groups in total. The number of halogens is 1.